The van der Waals surface area contributed by atoms with Crippen LogP contribution in [0.4, 0.5) is 0 Å². The van der Waals surface area contributed by atoms with Crippen molar-refractivity contribution < 1.29 is 9.26 Å². The Kier molecular flexibility index (Phi) is 4.55. The van der Waals surface area contributed by atoms with Gasteiger partial charge in [0.1, 0.15) is 0 Å². The second kappa shape index (κ2) is 5.72. The summed E-state index contributed by atoms with van der Waals surface area (Å²) in [4.78, 5) is 4.26. The van der Waals surface area contributed by atoms with E-state index >= 15 is 0 Å². The molecule has 0 aromatic carbocycles. The smallest absolute Gasteiger partial charge is 0.243 e. The second-order valence-electron chi connectivity index (χ2n) is 3.16. The van der Waals surface area contributed by atoms with E-state index in [1.54, 1.807) is 7.11 Å². The maximum Gasteiger partial charge on any atom is 0.243 e. The van der Waals surface area contributed by atoms with Gasteiger partial charge in [0.25, 0.3) is 0 Å². The predicted octanol–water partition coefficient (Wildman–Crippen LogP) is 0.929. The van der Waals surface area contributed by atoms with Crippen molar-refractivity contribution >= 4 is 0 Å². The molecule has 0 radical (unpaired) electrons. The summed E-state index contributed by atoms with van der Waals surface area (Å²) >= 11 is 0. The van der Waals surface area contributed by atoms with Crippen molar-refractivity contribution in [3.8, 4) is 0 Å². The Bertz CT molecular complexity index is 262. The van der Waals surface area contributed by atoms with Gasteiger partial charge >= 0.3 is 0 Å². The minimum absolute atomic E-state index is 0.110. The first-order valence-corrected chi connectivity index (χ1v) is 4.76. The molecule has 5 nitrogen and oxygen atoms in total. The summed E-state index contributed by atoms with van der Waals surface area (Å²) in [6.45, 7) is 2.71. The average Bonchev–Trinajstić information content (AvgIpc) is 2.66. The lowest BCUT2D eigenvalue weighted by Gasteiger charge is -2.01. The fraction of sp³-hybridized carbons (Fsp3) is 0.778. The SMILES string of the molecule is CNC(C)c1nc(CCCOC)no1. The number of methoxy groups -OCH3 is 1. The van der Waals surface area contributed by atoms with Crippen LogP contribution in [0, 0.1) is 0 Å². The molecule has 1 heterocycles. The molecule has 5 heteroatoms. The van der Waals surface area contributed by atoms with Gasteiger partial charge in [-0.05, 0) is 20.4 Å². The minimum atomic E-state index is 0.110. The van der Waals surface area contributed by atoms with Crippen LogP contribution >= 0.6 is 0 Å². The van der Waals surface area contributed by atoms with Crippen molar-refractivity contribution in [3.05, 3.63) is 11.7 Å². The minimum Gasteiger partial charge on any atom is -0.385 e. The lowest BCUT2D eigenvalue weighted by molar-refractivity contribution is 0.194. The Morgan fingerprint density at radius 1 is 1.57 bits per heavy atom. The summed E-state index contributed by atoms with van der Waals surface area (Å²) in [5.41, 5.74) is 0. The van der Waals surface area contributed by atoms with Crippen molar-refractivity contribution in [3.63, 3.8) is 0 Å². The van der Waals surface area contributed by atoms with E-state index in [0.717, 1.165) is 25.3 Å². The Morgan fingerprint density at radius 3 is 3.00 bits per heavy atom. The molecule has 0 aliphatic heterocycles. The van der Waals surface area contributed by atoms with Crippen LogP contribution in [0.1, 0.15) is 31.1 Å². The normalized spacial score (nSPS) is 13.1. The van der Waals surface area contributed by atoms with E-state index in [1.165, 1.54) is 0 Å². The summed E-state index contributed by atoms with van der Waals surface area (Å²) < 4.78 is 10.0. The van der Waals surface area contributed by atoms with E-state index in [4.69, 9.17) is 9.26 Å². The highest BCUT2D eigenvalue weighted by Gasteiger charge is 2.11. The zero-order valence-electron chi connectivity index (χ0n) is 8.91. The number of hydrogen-bond donors (Lipinski definition) is 1. The van der Waals surface area contributed by atoms with E-state index in [2.05, 4.69) is 15.5 Å². The molecule has 0 aliphatic rings. The lowest BCUT2D eigenvalue weighted by atomic mass is 10.3. The summed E-state index contributed by atoms with van der Waals surface area (Å²) in [5, 5.41) is 6.92. The number of aryl methyl sites for hydroxylation is 1. The van der Waals surface area contributed by atoms with Crippen molar-refractivity contribution in [1.29, 1.82) is 0 Å². The van der Waals surface area contributed by atoms with E-state index in [1.807, 2.05) is 14.0 Å². The standard InChI is InChI=1S/C9H17N3O2/c1-7(10-2)9-11-8(12-14-9)5-4-6-13-3/h7,10H,4-6H2,1-3H3. The van der Waals surface area contributed by atoms with E-state index in [9.17, 15) is 0 Å². The summed E-state index contributed by atoms with van der Waals surface area (Å²) in [5.74, 6) is 1.39. The number of aromatic nitrogens is 2. The molecule has 0 spiro atoms. The van der Waals surface area contributed by atoms with Crippen molar-refractivity contribution in [2.75, 3.05) is 20.8 Å². The molecule has 80 valence electrons. The van der Waals surface area contributed by atoms with Gasteiger partial charge in [0.15, 0.2) is 5.82 Å². The summed E-state index contributed by atoms with van der Waals surface area (Å²) in [6, 6.07) is 0.110. The molecule has 1 N–H and O–H groups in total. The molecule has 1 atom stereocenters. The van der Waals surface area contributed by atoms with Gasteiger partial charge < -0.3 is 14.6 Å². The number of hydrogen-bond acceptors (Lipinski definition) is 5. The van der Waals surface area contributed by atoms with Gasteiger partial charge in [0.05, 0.1) is 6.04 Å². The van der Waals surface area contributed by atoms with Crippen LogP contribution < -0.4 is 5.32 Å². The molecule has 0 saturated carbocycles. The zero-order chi connectivity index (χ0) is 10.4. The predicted molar refractivity (Wildman–Crippen MR) is 52.0 cm³/mol. The van der Waals surface area contributed by atoms with Crippen LogP contribution in [-0.2, 0) is 11.2 Å². The maximum absolute atomic E-state index is 5.08. The van der Waals surface area contributed by atoms with Gasteiger partial charge in [-0.15, -0.1) is 0 Å². The van der Waals surface area contributed by atoms with Gasteiger partial charge in [-0.1, -0.05) is 5.16 Å². The van der Waals surface area contributed by atoms with Crippen LogP contribution in [0.3, 0.4) is 0 Å². The molecule has 0 amide bonds. The largest absolute Gasteiger partial charge is 0.385 e. The molecule has 0 fully saturated rings. The van der Waals surface area contributed by atoms with Crippen LogP contribution in [-0.4, -0.2) is 30.9 Å². The van der Waals surface area contributed by atoms with Gasteiger partial charge in [-0.3, -0.25) is 0 Å². The molecular formula is C9H17N3O2. The van der Waals surface area contributed by atoms with Gasteiger partial charge in [-0.2, -0.15) is 4.98 Å². The number of ether oxygens (including phenoxy) is 1. The Hall–Kier alpha value is -0.940. The third-order valence-corrected chi connectivity index (χ3v) is 2.04. The maximum atomic E-state index is 5.08. The first kappa shape index (κ1) is 11.1. The molecule has 1 unspecified atom stereocenters. The number of nitrogens with one attached hydrogen (secondary N) is 1. The van der Waals surface area contributed by atoms with Crippen LogP contribution in [0.15, 0.2) is 4.52 Å². The zero-order valence-corrected chi connectivity index (χ0v) is 8.91. The Labute approximate surface area is 83.8 Å². The average molecular weight is 199 g/mol. The van der Waals surface area contributed by atoms with Crippen molar-refractivity contribution in [1.82, 2.24) is 15.5 Å². The molecule has 0 aliphatic carbocycles. The molecule has 0 bridgehead atoms. The second-order valence-corrected chi connectivity index (χ2v) is 3.16. The van der Waals surface area contributed by atoms with Crippen LogP contribution in [0.2, 0.25) is 0 Å². The Morgan fingerprint density at radius 2 is 2.36 bits per heavy atom. The first-order chi connectivity index (χ1) is 6.77. The van der Waals surface area contributed by atoms with Crippen molar-refractivity contribution in [2.24, 2.45) is 0 Å². The molecular weight excluding hydrogens is 182 g/mol. The summed E-state index contributed by atoms with van der Waals surface area (Å²) in [6.07, 6.45) is 1.72. The van der Waals surface area contributed by atoms with Crippen LogP contribution in [0.25, 0.3) is 0 Å². The third-order valence-electron chi connectivity index (χ3n) is 2.04. The molecule has 14 heavy (non-hydrogen) atoms. The molecule has 0 saturated heterocycles. The van der Waals surface area contributed by atoms with Gasteiger partial charge in [-0.25, -0.2) is 0 Å². The van der Waals surface area contributed by atoms with Crippen LogP contribution in [0.5, 0.6) is 0 Å². The quantitative estimate of drug-likeness (QED) is 0.690. The number of rotatable bonds is 6. The van der Waals surface area contributed by atoms with E-state index in [0.29, 0.717) is 5.89 Å². The molecule has 1 aromatic heterocycles. The first-order valence-electron chi connectivity index (χ1n) is 4.76. The highest BCUT2D eigenvalue weighted by molar-refractivity contribution is 4.90. The Balaban J connectivity index is 2.42. The molecule has 1 rings (SSSR count). The highest BCUT2D eigenvalue weighted by Crippen LogP contribution is 2.09. The fourth-order valence-electron chi connectivity index (χ4n) is 1.04. The summed E-state index contributed by atoms with van der Waals surface area (Å²) in [7, 11) is 3.55. The fourth-order valence-corrected chi connectivity index (χ4v) is 1.04. The highest BCUT2D eigenvalue weighted by atomic mass is 16.5. The van der Waals surface area contributed by atoms with Gasteiger partial charge in [0.2, 0.25) is 5.89 Å². The van der Waals surface area contributed by atoms with Crippen molar-refractivity contribution in [2.45, 2.75) is 25.8 Å². The third kappa shape index (κ3) is 3.08. The molecule has 1 aromatic rings. The topological polar surface area (TPSA) is 60.2 Å². The van der Waals surface area contributed by atoms with E-state index in [-0.39, 0.29) is 6.04 Å². The lowest BCUT2D eigenvalue weighted by Crippen LogP contribution is -2.12. The van der Waals surface area contributed by atoms with Gasteiger partial charge in [0, 0.05) is 20.1 Å². The monoisotopic (exact) mass is 199 g/mol. The van der Waals surface area contributed by atoms with E-state index < -0.39 is 0 Å². The number of nitrogens with zero attached hydrogens (tertiary/aromatic N) is 2.